The van der Waals surface area contributed by atoms with Crippen molar-refractivity contribution in [3.8, 4) is 10.6 Å². The molecule has 0 radical (unpaired) electrons. The van der Waals surface area contributed by atoms with Gasteiger partial charge in [-0.05, 0) is 24.6 Å². The van der Waals surface area contributed by atoms with Crippen LogP contribution in [-0.4, -0.2) is 48.1 Å². The van der Waals surface area contributed by atoms with Gasteiger partial charge in [0.15, 0.2) is 5.78 Å². The zero-order valence-corrected chi connectivity index (χ0v) is 17.7. The highest BCUT2D eigenvalue weighted by atomic mass is 32.1. The van der Waals surface area contributed by atoms with Crippen LogP contribution >= 0.6 is 11.3 Å². The monoisotopic (exact) mass is 444 g/mol. The van der Waals surface area contributed by atoms with E-state index in [4.69, 9.17) is 10.5 Å². The zero-order chi connectivity index (χ0) is 22.0. The molecule has 0 amide bonds. The molecule has 2 aromatic heterocycles. The van der Waals surface area contributed by atoms with E-state index in [0.29, 0.717) is 13.1 Å². The molecule has 2 N–H and O–H groups in total. The summed E-state index contributed by atoms with van der Waals surface area (Å²) in [6.07, 6.45) is 4.18. The molecule has 1 fully saturated rings. The Hall–Kier alpha value is -2.75. The first-order chi connectivity index (χ1) is 15.0. The molecule has 1 saturated heterocycles. The molecule has 9 heteroatoms. The molecular weight excluding hydrogens is 422 g/mol. The van der Waals surface area contributed by atoms with Gasteiger partial charge in [-0.3, -0.25) is 9.78 Å². The highest BCUT2D eigenvalue weighted by Crippen LogP contribution is 2.30. The number of ether oxygens (including phenoxy) is 1. The van der Waals surface area contributed by atoms with Crippen LogP contribution in [0.1, 0.15) is 22.5 Å². The molecule has 162 valence electrons. The van der Waals surface area contributed by atoms with Gasteiger partial charge in [0.1, 0.15) is 22.3 Å². The Morgan fingerprint density at radius 1 is 1.29 bits per heavy atom. The maximum Gasteiger partial charge on any atom is 0.186 e. The van der Waals surface area contributed by atoms with E-state index in [2.05, 4.69) is 14.9 Å². The second-order valence-electron chi connectivity index (χ2n) is 7.50. The number of pyridine rings is 1. The van der Waals surface area contributed by atoms with Crippen molar-refractivity contribution in [1.82, 2.24) is 9.97 Å². The first-order valence-corrected chi connectivity index (χ1v) is 10.7. The van der Waals surface area contributed by atoms with E-state index in [1.54, 1.807) is 19.5 Å². The van der Waals surface area contributed by atoms with E-state index in [1.807, 2.05) is 6.07 Å². The number of ketones is 1. The number of aromatic nitrogens is 2. The maximum absolute atomic E-state index is 14.1. The van der Waals surface area contributed by atoms with Crippen LogP contribution in [0, 0.1) is 11.6 Å². The number of anilines is 1. The minimum atomic E-state index is -0.711. The zero-order valence-electron chi connectivity index (χ0n) is 16.9. The Bertz CT molecular complexity index is 1070. The molecule has 0 spiro atoms. The maximum atomic E-state index is 14.1. The number of halogens is 2. The van der Waals surface area contributed by atoms with Crippen molar-refractivity contribution in [2.75, 3.05) is 25.1 Å². The average molecular weight is 445 g/mol. The quantitative estimate of drug-likeness (QED) is 0.587. The molecule has 0 saturated carbocycles. The number of nitrogens with zero attached hydrogens (tertiary/aromatic N) is 3. The standard InChI is InChI=1S/C22H22F2N4O2S/c1-30-15-8-14(25)10-28(11-15)19-5-6-26-9-13(19)7-20(29)18-12-31-22(27-18)21-16(23)3-2-4-17(21)24/h2-6,9,12,14-15H,7-8,10-11,25H2,1H3/t14-,15-/m0/s1. The van der Waals surface area contributed by atoms with Gasteiger partial charge in [-0.25, -0.2) is 13.8 Å². The van der Waals surface area contributed by atoms with E-state index < -0.39 is 11.6 Å². The third-order valence-corrected chi connectivity index (χ3v) is 6.17. The number of hydrogen-bond acceptors (Lipinski definition) is 7. The number of thiazole rings is 1. The normalized spacial score (nSPS) is 18.9. The van der Waals surface area contributed by atoms with Gasteiger partial charge in [0.05, 0.1) is 11.7 Å². The lowest BCUT2D eigenvalue weighted by Crippen LogP contribution is -2.50. The number of hydrogen-bond donors (Lipinski definition) is 1. The lowest BCUT2D eigenvalue weighted by molar-refractivity contribution is 0.0835. The van der Waals surface area contributed by atoms with Crippen LogP contribution in [0.2, 0.25) is 0 Å². The molecule has 1 aliphatic heterocycles. The van der Waals surface area contributed by atoms with Crippen LogP contribution < -0.4 is 10.6 Å². The van der Waals surface area contributed by atoms with Gasteiger partial charge in [0.25, 0.3) is 0 Å². The summed E-state index contributed by atoms with van der Waals surface area (Å²) in [4.78, 5) is 23.4. The van der Waals surface area contributed by atoms with E-state index in [0.717, 1.165) is 29.0 Å². The molecule has 3 aromatic rings. The van der Waals surface area contributed by atoms with Crippen LogP contribution in [-0.2, 0) is 11.2 Å². The lowest BCUT2D eigenvalue weighted by Gasteiger charge is -2.37. The molecule has 0 unspecified atom stereocenters. The van der Waals surface area contributed by atoms with Crippen molar-refractivity contribution in [3.63, 3.8) is 0 Å². The van der Waals surface area contributed by atoms with Crippen LogP contribution in [0.4, 0.5) is 14.5 Å². The highest BCUT2D eigenvalue weighted by Gasteiger charge is 2.27. The number of nitrogens with two attached hydrogens (primary N) is 1. The van der Waals surface area contributed by atoms with Crippen molar-refractivity contribution >= 4 is 22.8 Å². The van der Waals surface area contributed by atoms with Crippen LogP contribution in [0.5, 0.6) is 0 Å². The SMILES string of the molecule is CO[C@H]1C[C@H](N)CN(c2ccncc2CC(=O)c2csc(-c3c(F)cccc3F)n2)C1. The number of carbonyl (C=O) groups excluding carboxylic acids is 1. The van der Waals surface area contributed by atoms with Gasteiger partial charge in [-0.2, -0.15) is 0 Å². The molecule has 0 bridgehead atoms. The number of benzene rings is 1. The second kappa shape index (κ2) is 9.17. The second-order valence-corrected chi connectivity index (χ2v) is 8.36. The fourth-order valence-corrected chi connectivity index (χ4v) is 4.68. The Morgan fingerprint density at radius 2 is 2.06 bits per heavy atom. The van der Waals surface area contributed by atoms with Crippen LogP contribution in [0.15, 0.2) is 42.0 Å². The first-order valence-electron chi connectivity index (χ1n) is 9.85. The van der Waals surface area contributed by atoms with Gasteiger partial charge in [-0.15, -0.1) is 11.3 Å². The largest absolute Gasteiger partial charge is 0.380 e. The molecule has 3 heterocycles. The summed E-state index contributed by atoms with van der Waals surface area (Å²) in [7, 11) is 1.66. The van der Waals surface area contributed by atoms with Crippen molar-refractivity contribution < 1.29 is 18.3 Å². The summed E-state index contributed by atoms with van der Waals surface area (Å²) >= 11 is 1.03. The van der Waals surface area contributed by atoms with Gasteiger partial charge >= 0.3 is 0 Å². The summed E-state index contributed by atoms with van der Waals surface area (Å²) in [6, 6.07) is 5.44. The summed E-state index contributed by atoms with van der Waals surface area (Å²) < 4.78 is 33.6. The number of rotatable bonds is 6. The number of methoxy groups -OCH3 is 1. The molecule has 2 atom stereocenters. The topological polar surface area (TPSA) is 81.3 Å². The highest BCUT2D eigenvalue weighted by molar-refractivity contribution is 7.13. The van der Waals surface area contributed by atoms with Gasteiger partial charge in [0.2, 0.25) is 0 Å². The number of Topliss-reactive ketones (excluding diaryl/α,β-unsaturated/α-hetero) is 1. The predicted octanol–water partition coefficient (Wildman–Crippen LogP) is 3.46. The number of carbonyl (C=O) groups is 1. The van der Waals surface area contributed by atoms with E-state index in [9.17, 15) is 13.6 Å². The third-order valence-electron chi connectivity index (χ3n) is 5.31. The van der Waals surface area contributed by atoms with Gasteiger partial charge < -0.3 is 15.4 Å². The number of piperidine rings is 1. The molecule has 1 aliphatic rings. The van der Waals surface area contributed by atoms with Crippen molar-refractivity contribution in [3.05, 3.63) is 64.9 Å². The van der Waals surface area contributed by atoms with E-state index >= 15 is 0 Å². The van der Waals surface area contributed by atoms with Crippen LogP contribution in [0.25, 0.3) is 10.6 Å². The summed E-state index contributed by atoms with van der Waals surface area (Å²) in [5.41, 5.74) is 7.74. The van der Waals surface area contributed by atoms with E-state index in [-0.39, 0.29) is 40.6 Å². The molecule has 31 heavy (non-hydrogen) atoms. The summed E-state index contributed by atoms with van der Waals surface area (Å²) in [6.45, 7) is 1.32. The Labute approximate surface area is 182 Å². The minimum absolute atomic E-state index is 0.0113. The van der Waals surface area contributed by atoms with Crippen molar-refractivity contribution in [1.29, 1.82) is 0 Å². The fourth-order valence-electron chi connectivity index (χ4n) is 3.80. The molecule has 0 aliphatic carbocycles. The van der Waals surface area contributed by atoms with Gasteiger partial charge in [0, 0.05) is 61.7 Å². The minimum Gasteiger partial charge on any atom is -0.380 e. The third kappa shape index (κ3) is 4.63. The molecule has 1 aromatic carbocycles. The van der Waals surface area contributed by atoms with Crippen molar-refractivity contribution in [2.45, 2.75) is 25.0 Å². The Morgan fingerprint density at radius 3 is 2.81 bits per heavy atom. The van der Waals surface area contributed by atoms with Gasteiger partial charge in [-0.1, -0.05) is 6.07 Å². The first kappa shape index (κ1) is 21.5. The average Bonchev–Trinajstić information content (AvgIpc) is 3.23. The summed E-state index contributed by atoms with van der Waals surface area (Å²) in [5, 5.41) is 1.66. The fraction of sp³-hybridized carbons (Fsp3) is 0.318. The lowest BCUT2D eigenvalue weighted by atomic mass is 10.0. The molecule has 6 nitrogen and oxygen atoms in total. The Balaban J connectivity index is 1.56. The van der Waals surface area contributed by atoms with E-state index in [1.165, 1.54) is 23.6 Å². The summed E-state index contributed by atoms with van der Waals surface area (Å²) in [5.74, 6) is -1.67. The molecular formula is C22H22F2N4O2S. The van der Waals surface area contributed by atoms with Crippen LogP contribution in [0.3, 0.4) is 0 Å². The predicted molar refractivity (Wildman–Crippen MR) is 115 cm³/mol. The molecule has 4 rings (SSSR count). The Kier molecular flexibility index (Phi) is 6.35. The van der Waals surface area contributed by atoms with Crippen molar-refractivity contribution in [2.24, 2.45) is 5.73 Å². The smallest absolute Gasteiger partial charge is 0.186 e.